The second-order valence-corrected chi connectivity index (χ2v) is 4.77. The van der Waals surface area contributed by atoms with Crippen LogP contribution in [0.2, 0.25) is 0 Å². The van der Waals surface area contributed by atoms with Crippen LogP contribution >= 0.6 is 0 Å². The zero-order valence-corrected chi connectivity index (χ0v) is 11.9. The van der Waals surface area contributed by atoms with Gasteiger partial charge in [0.2, 0.25) is 6.29 Å². The molecule has 0 bridgehead atoms. The number of rotatable bonds is 4. The maximum atomic E-state index is 11.0. The number of aromatic carboxylic acids is 1. The van der Waals surface area contributed by atoms with Crippen molar-refractivity contribution in [2.24, 2.45) is 0 Å². The predicted molar refractivity (Wildman–Crippen MR) is 77.7 cm³/mol. The average Bonchev–Trinajstić information content (AvgIpc) is 3.04. The number of carboxylic acids is 1. The van der Waals surface area contributed by atoms with Crippen molar-refractivity contribution in [1.29, 1.82) is 0 Å². The molecule has 2 aromatic carbocycles. The summed E-state index contributed by atoms with van der Waals surface area (Å²) in [6.07, 6.45) is 0.151. The van der Waals surface area contributed by atoms with Gasteiger partial charge in [0.05, 0.1) is 11.3 Å². The van der Waals surface area contributed by atoms with Gasteiger partial charge in [-0.3, -0.25) is 0 Å². The van der Waals surface area contributed by atoms with Gasteiger partial charge in [-0.05, 0) is 30.2 Å². The van der Waals surface area contributed by atoms with Crippen LogP contribution in [0.1, 0.15) is 34.7 Å². The highest BCUT2D eigenvalue weighted by molar-refractivity contribution is 5.88. The van der Waals surface area contributed by atoms with Crippen molar-refractivity contribution in [2.45, 2.75) is 19.6 Å². The zero-order valence-electron chi connectivity index (χ0n) is 11.9. The number of carbonyl (C=O) groups is 1. The number of aryl methyl sites for hydroxylation is 1. The van der Waals surface area contributed by atoms with Crippen LogP contribution in [-0.4, -0.2) is 11.1 Å². The molecular weight excluding hydrogens is 286 g/mol. The molecule has 1 N–H and O–H groups in total. The fourth-order valence-electron chi connectivity index (χ4n) is 2.25. The molecule has 114 valence electrons. The molecule has 2 aromatic rings. The van der Waals surface area contributed by atoms with E-state index in [-0.39, 0.29) is 5.56 Å². The van der Waals surface area contributed by atoms with Gasteiger partial charge in [-0.2, -0.15) is 4.89 Å². The van der Waals surface area contributed by atoms with E-state index >= 15 is 0 Å². The molecule has 0 spiro atoms. The average molecular weight is 301 g/mol. The van der Waals surface area contributed by atoms with Crippen LogP contribution in [0.5, 0.6) is 0 Å². The first-order valence-corrected chi connectivity index (χ1v) is 6.90. The normalized spacial score (nSPS) is 17.7. The van der Waals surface area contributed by atoms with E-state index < -0.39 is 12.3 Å². The summed E-state index contributed by atoms with van der Waals surface area (Å²) in [7, 11) is 0. The van der Waals surface area contributed by atoms with Crippen molar-refractivity contribution < 1.29 is 24.6 Å². The maximum Gasteiger partial charge on any atom is 0.335 e. The molecule has 1 saturated heterocycles. The summed E-state index contributed by atoms with van der Waals surface area (Å²) in [5.41, 5.74) is 2.55. The van der Waals surface area contributed by atoms with E-state index in [1.165, 1.54) is 12.1 Å². The number of nitrogens with zero attached hydrogens (tertiary/aromatic N) is 1. The summed E-state index contributed by atoms with van der Waals surface area (Å²) in [5.74, 6) is -1.02. The van der Waals surface area contributed by atoms with Gasteiger partial charge < -0.3 is 5.11 Å². The van der Waals surface area contributed by atoms with Crippen molar-refractivity contribution in [3.05, 3.63) is 65.2 Å². The van der Waals surface area contributed by atoms with E-state index in [9.17, 15) is 4.79 Å². The van der Waals surface area contributed by atoms with Gasteiger partial charge in [0.15, 0.2) is 0 Å². The van der Waals surface area contributed by atoms with E-state index in [0.717, 1.165) is 22.8 Å². The molecule has 1 unspecified atom stereocenters. The Kier molecular flexibility index (Phi) is 4.06. The van der Waals surface area contributed by atoms with E-state index in [1.807, 2.05) is 31.2 Å². The van der Waals surface area contributed by atoms with Crippen LogP contribution in [0, 0.1) is 0 Å². The molecule has 1 aliphatic heterocycles. The van der Waals surface area contributed by atoms with Crippen LogP contribution < -0.4 is 5.23 Å². The van der Waals surface area contributed by atoms with Crippen LogP contribution in [0.15, 0.2) is 48.5 Å². The van der Waals surface area contributed by atoms with Crippen molar-refractivity contribution in [3.63, 3.8) is 0 Å². The largest absolute Gasteiger partial charge is 0.478 e. The monoisotopic (exact) mass is 301 g/mol. The topological polar surface area (TPSA) is 68.2 Å². The Morgan fingerprint density at radius 2 is 2.05 bits per heavy atom. The first-order valence-electron chi connectivity index (χ1n) is 6.90. The van der Waals surface area contributed by atoms with Gasteiger partial charge in [-0.15, -0.1) is 0 Å². The fraction of sp³-hybridized carbons (Fsp3) is 0.188. The lowest BCUT2D eigenvalue weighted by Gasteiger charge is -2.13. The molecular formula is C16H15NO5. The third kappa shape index (κ3) is 2.80. The summed E-state index contributed by atoms with van der Waals surface area (Å²) >= 11 is 0. The lowest BCUT2D eigenvalue weighted by Crippen LogP contribution is -2.15. The third-order valence-corrected chi connectivity index (χ3v) is 3.38. The van der Waals surface area contributed by atoms with Crippen molar-refractivity contribution in [1.82, 2.24) is 0 Å². The molecule has 6 nitrogen and oxygen atoms in total. The highest BCUT2D eigenvalue weighted by atomic mass is 17.4. The molecule has 6 heteroatoms. The summed E-state index contributed by atoms with van der Waals surface area (Å²) < 4.78 is 0. The molecule has 0 aliphatic carbocycles. The molecule has 0 saturated carbocycles. The van der Waals surface area contributed by atoms with Gasteiger partial charge in [0.1, 0.15) is 0 Å². The minimum absolute atomic E-state index is 0.141. The Hall–Kier alpha value is -2.41. The highest BCUT2D eigenvalue weighted by Gasteiger charge is 2.30. The van der Waals surface area contributed by atoms with Crippen molar-refractivity contribution in [3.8, 4) is 0 Å². The minimum atomic E-state index is -1.02. The second-order valence-electron chi connectivity index (χ2n) is 4.77. The van der Waals surface area contributed by atoms with Gasteiger partial charge in [-0.1, -0.05) is 47.5 Å². The highest BCUT2D eigenvalue weighted by Crippen LogP contribution is 2.33. The zero-order chi connectivity index (χ0) is 15.5. The lowest BCUT2D eigenvalue weighted by atomic mass is 10.1. The quantitative estimate of drug-likeness (QED) is 0.874. The standard InChI is InChI=1S/C16H15NO5/c1-2-11-6-3-4-9-14(11)16-20-17(22-21-16)13-8-5-7-12(10-13)15(18)19/h3-10,16H,2H2,1H3,(H,18,19). The summed E-state index contributed by atoms with van der Waals surface area (Å²) in [6, 6.07) is 14.0. The molecule has 0 radical (unpaired) electrons. The van der Waals surface area contributed by atoms with E-state index in [4.69, 9.17) is 19.8 Å². The molecule has 0 aromatic heterocycles. The van der Waals surface area contributed by atoms with Crippen LogP contribution in [0.3, 0.4) is 0 Å². The summed E-state index contributed by atoms with van der Waals surface area (Å²) in [4.78, 5) is 26.9. The number of benzene rings is 2. The Bertz CT molecular complexity index is 688. The van der Waals surface area contributed by atoms with Crippen molar-refractivity contribution in [2.75, 3.05) is 5.23 Å². The summed E-state index contributed by atoms with van der Waals surface area (Å²) in [5, 5.41) is 10.1. The van der Waals surface area contributed by atoms with Crippen molar-refractivity contribution >= 4 is 11.7 Å². The summed E-state index contributed by atoms with van der Waals surface area (Å²) in [6.45, 7) is 2.04. The van der Waals surface area contributed by atoms with E-state index in [1.54, 1.807) is 12.1 Å². The third-order valence-electron chi connectivity index (χ3n) is 3.38. The number of hydrogen-bond acceptors (Lipinski definition) is 5. The van der Waals surface area contributed by atoms with Gasteiger partial charge in [0, 0.05) is 5.56 Å². The maximum absolute atomic E-state index is 11.0. The molecule has 3 rings (SSSR count). The minimum Gasteiger partial charge on any atom is -0.478 e. The molecule has 22 heavy (non-hydrogen) atoms. The molecule has 1 fully saturated rings. The van der Waals surface area contributed by atoms with Crippen LogP contribution in [0.25, 0.3) is 0 Å². The predicted octanol–water partition coefficient (Wildman–Crippen LogP) is 3.26. The Balaban J connectivity index is 1.80. The van der Waals surface area contributed by atoms with E-state index in [0.29, 0.717) is 5.69 Å². The smallest absolute Gasteiger partial charge is 0.335 e. The van der Waals surface area contributed by atoms with Gasteiger partial charge in [0.25, 0.3) is 0 Å². The SMILES string of the molecule is CCc1ccccc1C1OON(c2cccc(C(=O)O)c2)O1. The first kappa shape index (κ1) is 14.5. The van der Waals surface area contributed by atoms with Gasteiger partial charge >= 0.3 is 5.97 Å². The Labute approximate surface area is 127 Å². The van der Waals surface area contributed by atoms with Gasteiger partial charge in [-0.25, -0.2) is 9.63 Å². The molecule has 1 heterocycles. The number of hydrogen-bond donors (Lipinski definition) is 1. The molecule has 1 atom stereocenters. The Morgan fingerprint density at radius 3 is 2.82 bits per heavy atom. The lowest BCUT2D eigenvalue weighted by molar-refractivity contribution is -0.286. The molecule has 1 aliphatic rings. The van der Waals surface area contributed by atoms with Crippen LogP contribution in [0.4, 0.5) is 5.69 Å². The Morgan fingerprint density at radius 1 is 1.23 bits per heavy atom. The van der Waals surface area contributed by atoms with Crippen LogP contribution in [-0.2, 0) is 21.1 Å². The second kappa shape index (κ2) is 6.15. The number of carboxylic acid groups (broad SMARTS) is 1. The van der Waals surface area contributed by atoms with E-state index in [2.05, 4.69) is 0 Å². The fourth-order valence-corrected chi connectivity index (χ4v) is 2.25. The molecule has 0 amide bonds. The first-order chi connectivity index (χ1) is 10.7. The number of anilines is 1.